The van der Waals surface area contributed by atoms with Crippen LogP contribution >= 0.6 is 11.8 Å². The van der Waals surface area contributed by atoms with Gasteiger partial charge in [-0.3, -0.25) is 9.69 Å². The van der Waals surface area contributed by atoms with Crippen LogP contribution in [0.4, 0.5) is 23.7 Å². The number of anilines is 1. The Kier molecular flexibility index (Phi) is 9.80. The Morgan fingerprint density at radius 3 is 2.46 bits per heavy atom. The fourth-order valence-electron chi connectivity index (χ4n) is 5.35. The van der Waals surface area contributed by atoms with Crippen LogP contribution in [0.25, 0.3) is 17.1 Å². The number of hydrogen-bond donors (Lipinski definition) is 1. The van der Waals surface area contributed by atoms with Crippen molar-refractivity contribution in [3.05, 3.63) is 89.7 Å². The van der Waals surface area contributed by atoms with Gasteiger partial charge in [0.25, 0.3) is 0 Å². The van der Waals surface area contributed by atoms with Gasteiger partial charge in [-0.05, 0) is 66.3 Å². The van der Waals surface area contributed by atoms with Gasteiger partial charge in [0.1, 0.15) is 12.1 Å². The van der Waals surface area contributed by atoms with Gasteiger partial charge in [-0.2, -0.15) is 4.99 Å². The summed E-state index contributed by atoms with van der Waals surface area (Å²) in [6.07, 6.45) is -2.52. The molecule has 13 heteroatoms. The molecule has 5 rings (SSSR count). The zero-order valence-electron chi connectivity index (χ0n) is 25.7. The second kappa shape index (κ2) is 13.8. The van der Waals surface area contributed by atoms with Crippen LogP contribution in [0.15, 0.2) is 78.0 Å². The van der Waals surface area contributed by atoms with Gasteiger partial charge in [-0.1, -0.05) is 68.9 Å². The molecule has 1 aromatic heterocycles. The molecular formula is C33H33F3N6O3S. The summed E-state index contributed by atoms with van der Waals surface area (Å²) in [5, 5.41) is 7.72. The summed E-state index contributed by atoms with van der Waals surface area (Å²) in [6.45, 7) is 8.55. The van der Waals surface area contributed by atoms with E-state index in [4.69, 9.17) is 0 Å². The first-order valence-electron chi connectivity index (χ1n) is 14.7. The van der Waals surface area contributed by atoms with Crippen molar-refractivity contribution in [2.75, 3.05) is 17.2 Å². The quantitative estimate of drug-likeness (QED) is 0.200. The Labute approximate surface area is 268 Å². The Morgan fingerprint density at radius 1 is 1.09 bits per heavy atom. The number of aliphatic imine (C=N–C) groups is 1. The van der Waals surface area contributed by atoms with E-state index >= 15 is 0 Å². The van der Waals surface area contributed by atoms with E-state index in [1.807, 2.05) is 56.3 Å². The standard InChI is InChI=1S/C33H33F3N6O3S/c1-5-22(17-37-31(44)39-32-42(28(43)18-46-32)27-8-6-7-21(4)29(27)20(2)3)23-9-11-24(12-10-23)30-38-19-41(40-30)25-13-15-26(16-14-25)45-33(34,35)36/h6-16,19-20,22H,5,17-18H2,1-4H3,(H,37,44). The number of benzene rings is 3. The molecule has 0 saturated carbocycles. The van der Waals surface area contributed by atoms with Gasteiger partial charge in [0.15, 0.2) is 11.0 Å². The minimum atomic E-state index is -4.76. The Hall–Kier alpha value is -4.65. The largest absolute Gasteiger partial charge is 0.573 e. The number of carbonyl (C=O) groups is 2. The number of nitrogens with zero attached hydrogens (tertiary/aromatic N) is 5. The van der Waals surface area contributed by atoms with Crippen LogP contribution in [0.3, 0.4) is 0 Å². The zero-order chi connectivity index (χ0) is 33.0. The molecule has 1 saturated heterocycles. The SMILES string of the molecule is CCC(CNC(=O)N=C1SCC(=O)N1c1cccc(C)c1C(C)C)c1ccc(-c2ncn(-c3ccc(OC(F)(F)F)cc3)n2)cc1. The first kappa shape index (κ1) is 32.7. The fourth-order valence-corrected chi connectivity index (χ4v) is 6.21. The Morgan fingerprint density at radius 2 is 1.80 bits per heavy atom. The molecule has 0 spiro atoms. The summed E-state index contributed by atoms with van der Waals surface area (Å²) in [5.74, 6) is 0.441. The second-order valence-corrected chi connectivity index (χ2v) is 12.0. The minimum absolute atomic E-state index is 0.0134. The van der Waals surface area contributed by atoms with Crippen molar-refractivity contribution in [3.8, 4) is 22.8 Å². The van der Waals surface area contributed by atoms with E-state index in [9.17, 15) is 22.8 Å². The fraction of sp³-hybridized carbons (Fsp3) is 0.303. The van der Waals surface area contributed by atoms with E-state index in [2.05, 4.69) is 39.0 Å². The van der Waals surface area contributed by atoms with Crippen molar-refractivity contribution in [1.82, 2.24) is 20.1 Å². The van der Waals surface area contributed by atoms with Gasteiger partial charge >= 0.3 is 12.4 Å². The lowest BCUT2D eigenvalue weighted by molar-refractivity contribution is -0.274. The van der Waals surface area contributed by atoms with Gasteiger partial charge in [-0.15, -0.1) is 18.3 Å². The van der Waals surface area contributed by atoms with Gasteiger partial charge in [0, 0.05) is 18.0 Å². The summed E-state index contributed by atoms with van der Waals surface area (Å²) < 4.78 is 42.7. The Bertz CT molecular complexity index is 1740. The predicted octanol–water partition coefficient (Wildman–Crippen LogP) is 7.60. The maximum atomic E-state index is 12.9. The van der Waals surface area contributed by atoms with Crippen molar-refractivity contribution < 1.29 is 27.5 Å². The highest BCUT2D eigenvalue weighted by Crippen LogP contribution is 2.35. The lowest BCUT2D eigenvalue weighted by Crippen LogP contribution is -2.33. The number of amidine groups is 1. The number of hydrogen-bond acceptors (Lipinski definition) is 6. The molecule has 1 aliphatic rings. The van der Waals surface area contributed by atoms with E-state index in [0.717, 1.165) is 34.4 Å². The van der Waals surface area contributed by atoms with Gasteiger partial charge in [0.2, 0.25) is 5.91 Å². The van der Waals surface area contributed by atoms with Crippen molar-refractivity contribution >= 4 is 34.6 Å². The molecular weight excluding hydrogens is 617 g/mol. The number of alkyl halides is 3. The number of aryl methyl sites for hydroxylation is 1. The van der Waals surface area contributed by atoms with E-state index in [1.54, 1.807) is 4.90 Å². The topological polar surface area (TPSA) is 102 Å². The van der Waals surface area contributed by atoms with Crippen LogP contribution < -0.4 is 15.0 Å². The zero-order valence-corrected chi connectivity index (χ0v) is 26.5. The third-order valence-electron chi connectivity index (χ3n) is 7.54. The molecule has 1 N–H and O–H groups in total. The number of aromatic nitrogens is 3. The summed E-state index contributed by atoms with van der Waals surface area (Å²) in [7, 11) is 0. The summed E-state index contributed by atoms with van der Waals surface area (Å²) in [4.78, 5) is 35.9. The predicted molar refractivity (Wildman–Crippen MR) is 173 cm³/mol. The molecule has 0 bridgehead atoms. The van der Waals surface area contributed by atoms with Crippen LogP contribution in [0, 0.1) is 6.92 Å². The van der Waals surface area contributed by atoms with Crippen molar-refractivity contribution in [2.45, 2.75) is 52.3 Å². The molecule has 3 aromatic carbocycles. The normalized spacial score (nSPS) is 15.1. The lowest BCUT2D eigenvalue weighted by Gasteiger charge is -2.23. The maximum Gasteiger partial charge on any atom is 0.573 e. The molecule has 3 amide bonds. The van der Waals surface area contributed by atoms with Crippen LogP contribution in [0.2, 0.25) is 0 Å². The minimum Gasteiger partial charge on any atom is -0.406 e. The van der Waals surface area contributed by atoms with E-state index in [-0.39, 0.29) is 29.2 Å². The number of ether oxygens (including phenoxy) is 1. The number of carbonyl (C=O) groups excluding carboxylic acids is 2. The molecule has 1 unspecified atom stereocenters. The molecule has 0 aliphatic carbocycles. The molecule has 1 aliphatic heterocycles. The van der Waals surface area contributed by atoms with E-state index in [0.29, 0.717) is 23.2 Å². The summed E-state index contributed by atoms with van der Waals surface area (Å²) in [5.41, 5.74) is 5.18. The molecule has 0 radical (unpaired) electrons. The monoisotopic (exact) mass is 650 g/mol. The van der Waals surface area contributed by atoms with Crippen LogP contribution in [-0.2, 0) is 4.79 Å². The highest BCUT2D eigenvalue weighted by molar-refractivity contribution is 8.15. The number of nitrogens with one attached hydrogen (secondary N) is 1. The van der Waals surface area contributed by atoms with Crippen LogP contribution in [0.1, 0.15) is 55.7 Å². The molecule has 240 valence electrons. The van der Waals surface area contributed by atoms with Gasteiger partial charge in [0.05, 0.1) is 17.1 Å². The van der Waals surface area contributed by atoms with Crippen molar-refractivity contribution in [2.24, 2.45) is 4.99 Å². The van der Waals surface area contributed by atoms with Crippen LogP contribution in [-0.4, -0.2) is 50.5 Å². The molecule has 1 atom stereocenters. The molecule has 4 aromatic rings. The van der Waals surface area contributed by atoms with Gasteiger partial charge < -0.3 is 10.1 Å². The molecule has 2 heterocycles. The number of thioether (sulfide) groups is 1. The highest BCUT2D eigenvalue weighted by atomic mass is 32.2. The summed E-state index contributed by atoms with van der Waals surface area (Å²) >= 11 is 1.25. The average Bonchev–Trinajstić information content (AvgIpc) is 3.64. The molecule has 9 nitrogen and oxygen atoms in total. The van der Waals surface area contributed by atoms with Crippen LogP contribution in [0.5, 0.6) is 5.75 Å². The van der Waals surface area contributed by atoms with Gasteiger partial charge in [-0.25, -0.2) is 14.5 Å². The summed E-state index contributed by atoms with van der Waals surface area (Å²) in [6, 6.07) is 18.3. The van der Waals surface area contributed by atoms with E-state index < -0.39 is 12.4 Å². The van der Waals surface area contributed by atoms with Crippen molar-refractivity contribution in [3.63, 3.8) is 0 Å². The first-order chi connectivity index (χ1) is 21.9. The number of amides is 3. The number of halogens is 3. The molecule has 1 fully saturated rings. The third kappa shape index (κ3) is 7.58. The third-order valence-corrected chi connectivity index (χ3v) is 8.46. The number of urea groups is 1. The Balaban J connectivity index is 1.23. The highest BCUT2D eigenvalue weighted by Gasteiger charge is 2.33. The van der Waals surface area contributed by atoms with E-state index in [1.165, 1.54) is 47.0 Å². The second-order valence-electron chi connectivity index (χ2n) is 11.0. The first-order valence-corrected chi connectivity index (χ1v) is 15.7. The molecule has 46 heavy (non-hydrogen) atoms. The maximum absolute atomic E-state index is 12.9. The smallest absolute Gasteiger partial charge is 0.406 e. The van der Waals surface area contributed by atoms with Crippen molar-refractivity contribution in [1.29, 1.82) is 0 Å². The average molecular weight is 651 g/mol. The number of rotatable bonds is 9. The lowest BCUT2D eigenvalue weighted by atomic mass is 9.95.